The zero-order valence-electron chi connectivity index (χ0n) is 12.3. The minimum atomic E-state index is -1.03. The van der Waals surface area contributed by atoms with E-state index < -0.39 is 5.97 Å². The highest BCUT2D eigenvalue weighted by atomic mass is 79.9. The smallest absolute Gasteiger partial charge is 0.335 e. The summed E-state index contributed by atoms with van der Waals surface area (Å²) in [6.45, 7) is 0.593. The van der Waals surface area contributed by atoms with E-state index in [9.17, 15) is 9.59 Å². The fourth-order valence-electron chi connectivity index (χ4n) is 2.86. The molecule has 7 heteroatoms. The minimum absolute atomic E-state index is 0.123. The Bertz CT molecular complexity index is 1080. The lowest BCUT2D eigenvalue weighted by Gasteiger charge is -2.06. The van der Waals surface area contributed by atoms with Gasteiger partial charge in [-0.3, -0.25) is 9.36 Å². The van der Waals surface area contributed by atoms with E-state index >= 15 is 0 Å². The molecule has 0 bridgehead atoms. The number of allylic oxidation sites excluding steroid dienone is 1. The third-order valence-corrected chi connectivity index (χ3v) is 5.64. The Balaban J connectivity index is 1.91. The molecule has 0 fully saturated rings. The van der Waals surface area contributed by atoms with Crippen LogP contribution in [0.3, 0.4) is 0 Å². The minimum Gasteiger partial charge on any atom is -0.478 e. The van der Waals surface area contributed by atoms with Crippen molar-refractivity contribution in [2.45, 2.75) is 13.0 Å². The first-order valence-electron chi connectivity index (χ1n) is 7.26. The van der Waals surface area contributed by atoms with Crippen molar-refractivity contribution >= 4 is 55.8 Å². The molecule has 0 saturated heterocycles. The maximum atomic E-state index is 12.6. The molecule has 0 aliphatic carbocycles. The lowest BCUT2D eigenvalue weighted by atomic mass is 10.1. The van der Waals surface area contributed by atoms with Gasteiger partial charge in [0.2, 0.25) is 0 Å². The van der Waals surface area contributed by atoms with Gasteiger partial charge >= 0.3 is 5.97 Å². The highest BCUT2D eigenvalue weighted by Gasteiger charge is 2.21. The monoisotopic (exact) mass is 402 g/mol. The van der Waals surface area contributed by atoms with Crippen molar-refractivity contribution in [1.82, 2.24) is 9.55 Å². The molecule has 0 amide bonds. The van der Waals surface area contributed by atoms with E-state index in [0.29, 0.717) is 23.3 Å². The van der Waals surface area contributed by atoms with E-state index in [-0.39, 0.29) is 11.1 Å². The van der Waals surface area contributed by atoms with Crippen molar-refractivity contribution in [3.8, 4) is 0 Å². The van der Waals surface area contributed by atoms with Crippen LogP contribution in [0.1, 0.15) is 27.5 Å². The van der Waals surface area contributed by atoms with Crippen LogP contribution in [-0.4, -0.2) is 20.6 Å². The van der Waals surface area contributed by atoms with Crippen LogP contribution in [0.5, 0.6) is 0 Å². The Morgan fingerprint density at radius 1 is 1.38 bits per heavy atom. The number of hydrogen-bond acceptors (Lipinski definition) is 4. The van der Waals surface area contributed by atoms with Gasteiger partial charge in [0, 0.05) is 21.3 Å². The second-order valence-corrected chi connectivity index (χ2v) is 7.37. The van der Waals surface area contributed by atoms with Crippen molar-refractivity contribution in [1.29, 1.82) is 0 Å². The summed E-state index contributed by atoms with van der Waals surface area (Å²) in [5.74, 6) is -0.405. The Labute approximate surface area is 149 Å². The van der Waals surface area contributed by atoms with Gasteiger partial charge in [0.25, 0.3) is 5.56 Å². The average Bonchev–Trinajstić information content (AvgIpc) is 3.14. The number of hydrogen-bond donors (Lipinski definition) is 1. The number of carbonyl (C=O) groups is 1. The van der Waals surface area contributed by atoms with Gasteiger partial charge in [0.1, 0.15) is 5.82 Å². The maximum Gasteiger partial charge on any atom is 0.335 e. The molecule has 24 heavy (non-hydrogen) atoms. The Kier molecular flexibility index (Phi) is 3.62. The van der Waals surface area contributed by atoms with Gasteiger partial charge in [0.05, 0.1) is 16.5 Å². The van der Waals surface area contributed by atoms with Crippen molar-refractivity contribution in [2.24, 2.45) is 0 Å². The largest absolute Gasteiger partial charge is 0.478 e. The quantitative estimate of drug-likeness (QED) is 0.705. The summed E-state index contributed by atoms with van der Waals surface area (Å²) in [5, 5.41) is 11.6. The molecule has 1 aromatic carbocycles. The van der Waals surface area contributed by atoms with Gasteiger partial charge in [-0.2, -0.15) is 0 Å². The van der Waals surface area contributed by atoms with Crippen LogP contribution in [0, 0.1) is 0 Å². The van der Waals surface area contributed by atoms with E-state index in [1.807, 2.05) is 17.5 Å². The summed E-state index contributed by atoms with van der Waals surface area (Å²) in [5.41, 5.74) is 1.42. The molecule has 1 N–H and O–H groups in total. The maximum absolute atomic E-state index is 12.6. The number of fused-ring (bicyclic) bond motifs is 2. The van der Waals surface area contributed by atoms with E-state index in [2.05, 4.69) is 20.9 Å². The highest BCUT2D eigenvalue weighted by Crippen LogP contribution is 2.30. The number of rotatable bonds is 2. The SMILES string of the molecule is O=C(O)c1ccc2c(=O)n3c(nc2c1)C(=Cc1cc(Br)cs1)CC3. The number of halogens is 1. The Morgan fingerprint density at radius 2 is 2.21 bits per heavy atom. The number of aromatic nitrogens is 2. The van der Waals surface area contributed by atoms with Crippen LogP contribution >= 0.6 is 27.3 Å². The third kappa shape index (κ3) is 2.50. The molecule has 1 aliphatic rings. The first-order chi connectivity index (χ1) is 11.5. The fourth-order valence-corrected chi connectivity index (χ4v) is 4.26. The first-order valence-corrected chi connectivity index (χ1v) is 8.93. The third-order valence-electron chi connectivity index (χ3n) is 4.00. The van der Waals surface area contributed by atoms with Gasteiger partial charge in [-0.1, -0.05) is 0 Å². The van der Waals surface area contributed by atoms with Gasteiger partial charge in [-0.25, -0.2) is 9.78 Å². The molecule has 0 unspecified atom stereocenters. The Morgan fingerprint density at radius 3 is 2.92 bits per heavy atom. The van der Waals surface area contributed by atoms with Crippen molar-refractivity contribution in [3.63, 3.8) is 0 Å². The van der Waals surface area contributed by atoms with Crippen LogP contribution in [0.25, 0.3) is 22.6 Å². The van der Waals surface area contributed by atoms with E-state index in [0.717, 1.165) is 21.3 Å². The molecule has 1 aliphatic heterocycles. The number of benzene rings is 1. The van der Waals surface area contributed by atoms with Gasteiger partial charge < -0.3 is 5.11 Å². The molecular formula is C17H11BrN2O3S. The second kappa shape index (κ2) is 5.68. The van der Waals surface area contributed by atoms with Crippen LogP contribution in [0.4, 0.5) is 0 Å². The molecule has 0 spiro atoms. The van der Waals surface area contributed by atoms with Crippen LogP contribution in [0.2, 0.25) is 0 Å². The zero-order valence-corrected chi connectivity index (χ0v) is 14.7. The number of thiophene rings is 1. The summed E-state index contributed by atoms with van der Waals surface area (Å²) in [6.07, 6.45) is 2.77. The molecule has 3 aromatic rings. The molecule has 2 aromatic heterocycles. The summed E-state index contributed by atoms with van der Waals surface area (Å²) in [7, 11) is 0. The molecule has 0 radical (unpaired) electrons. The number of carboxylic acids is 1. The summed E-state index contributed by atoms with van der Waals surface area (Å²) >= 11 is 5.04. The van der Waals surface area contributed by atoms with E-state index in [4.69, 9.17) is 5.11 Å². The van der Waals surface area contributed by atoms with Crippen LogP contribution in [-0.2, 0) is 6.54 Å². The molecule has 120 valence electrons. The average molecular weight is 403 g/mol. The normalized spacial score (nSPS) is 15.1. The topological polar surface area (TPSA) is 72.2 Å². The molecular weight excluding hydrogens is 392 g/mol. The molecule has 0 atom stereocenters. The fraction of sp³-hybridized carbons (Fsp3) is 0.118. The Hall–Kier alpha value is -2.25. The zero-order chi connectivity index (χ0) is 16.8. The number of nitrogens with zero attached hydrogens (tertiary/aromatic N) is 2. The summed E-state index contributed by atoms with van der Waals surface area (Å²) in [6, 6.07) is 6.45. The molecule has 5 nitrogen and oxygen atoms in total. The molecule has 3 heterocycles. The van der Waals surface area contributed by atoms with Gasteiger partial charge in [-0.15, -0.1) is 11.3 Å². The van der Waals surface area contributed by atoms with E-state index in [1.54, 1.807) is 22.0 Å². The number of aromatic carboxylic acids is 1. The standard InChI is InChI=1S/C17H11BrN2O3S/c18-11-7-12(24-8-11)5-9-3-4-20-15(9)19-14-6-10(17(22)23)1-2-13(14)16(20)21/h1-2,5-8H,3-4H2,(H,22,23). The van der Waals surface area contributed by atoms with Crippen LogP contribution in [0.15, 0.2) is 38.9 Å². The lowest BCUT2D eigenvalue weighted by molar-refractivity contribution is 0.0697. The first kappa shape index (κ1) is 15.3. The number of carboxylic acid groups (broad SMARTS) is 1. The molecule has 0 saturated carbocycles. The molecule has 4 rings (SSSR count). The summed E-state index contributed by atoms with van der Waals surface area (Å²) < 4.78 is 2.68. The highest BCUT2D eigenvalue weighted by molar-refractivity contribution is 9.10. The summed E-state index contributed by atoms with van der Waals surface area (Å²) in [4.78, 5) is 29.4. The van der Waals surface area contributed by atoms with Crippen molar-refractivity contribution < 1.29 is 9.90 Å². The van der Waals surface area contributed by atoms with E-state index in [1.165, 1.54) is 12.1 Å². The van der Waals surface area contributed by atoms with Crippen LogP contribution < -0.4 is 5.56 Å². The predicted molar refractivity (Wildman–Crippen MR) is 97.5 cm³/mol. The van der Waals surface area contributed by atoms with Crippen molar-refractivity contribution in [2.75, 3.05) is 0 Å². The van der Waals surface area contributed by atoms with Crippen molar-refractivity contribution in [3.05, 3.63) is 60.7 Å². The van der Waals surface area contributed by atoms with Gasteiger partial charge in [-0.05, 0) is 58.3 Å². The lowest BCUT2D eigenvalue weighted by Crippen LogP contribution is -2.20. The predicted octanol–water partition coefficient (Wildman–Crippen LogP) is 3.86. The second-order valence-electron chi connectivity index (χ2n) is 5.52. The van der Waals surface area contributed by atoms with Gasteiger partial charge in [0.15, 0.2) is 0 Å².